The molecule has 0 rings (SSSR count). The summed E-state index contributed by atoms with van der Waals surface area (Å²) in [5.74, 6) is -0.190. The van der Waals surface area contributed by atoms with Gasteiger partial charge in [-0.25, -0.2) is 0 Å². The average molecular weight is 243 g/mol. The van der Waals surface area contributed by atoms with Gasteiger partial charge in [0.2, 0.25) is 11.8 Å². The number of carbonyl (C=O) groups excluding carboxylic acids is 2. The summed E-state index contributed by atoms with van der Waals surface area (Å²) in [6, 6.07) is 0. The molecule has 0 aromatic heterocycles. The number of rotatable bonds is 6. The molecule has 0 radical (unpaired) electrons. The highest BCUT2D eigenvalue weighted by Gasteiger charge is 2.15. The van der Waals surface area contributed by atoms with Crippen LogP contribution in [0.3, 0.4) is 0 Å². The van der Waals surface area contributed by atoms with Crippen LogP contribution in [0, 0.1) is 0 Å². The van der Waals surface area contributed by atoms with Crippen LogP contribution in [0.5, 0.6) is 0 Å². The van der Waals surface area contributed by atoms with Gasteiger partial charge in [0.05, 0.1) is 13.1 Å². The van der Waals surface area contributed by atoms with E-state index in [2.05, 4.69) is 10.6 Å². The molecule has 17 heavy (non-hydrogen) atoms. The van der Waals surface area contributed by atoms with Crippen LogP contribution in [0.1, 0.15) is 34.1 Å². The van der Waals surface area contributed by atoms with Gasteiger partial charge in [0.1, 0.15) is 0 Å². The maximum atomic E-state index is 11.7. The topological polar surface area (TPSA) is 61.4 Å². The van der Waals surface area contributed by atoms with E-state index in [9.17, 15) is 9.59 Å². The zero-order valence-electron chi connectivity index (χ0n) is 11.6. The molecule has 0 fully saturated rings. The summed E-state index contributed by atoms with van der Waals surface area (Å²) >= 11 is 0. The summed E-state index contributed by atoms with van der Waals surface area (Å²) in [5.41, 5.74) is -0.0963. The van der Waals surface area contributed by atoms with Gasteiger partial charge in [0.15, 0.2) is 0 Å². The van der Waals surface area contributed by atoms with Crippen LogP contribution < -0.4 is 10.6 Å². The van der Waals surface area contributed by atoms with E-state index in [1.165, 1.54) is 4.90 Å². The second-order valence-electron chi connectivity index (χ2n) is 5.20. The van der Waals surface area contributed by atoms with E-state index in [0.29, 0.717) is 6.54 Å². The van der Waals surface area contributed by atoms with Gasteiger partial charge in [0.25, 0.3) is 0 Å². The first-order valence-electron chi connectivity index (χ1n) is 6.02. The molecule has 0 aliphatic heterocycles. The van der Waals surface area contributed by atoms with Crippen molar-refractivity contribution < 1.29 is 9.59 Å². The number of carbonyl (C=O) groups is 2. The van der Waals surface area contributed by atoms with Crippen molar-refractivity contribution in [1.29, 1.82) is 0 Å². The molecule has 0 aliphatic rings. The van der Waals surface area contributed by atoms with Crippen LogP contribution in [-0.2, 0) is 9.59 Å². The fraction of sp³-hybridized carbons (Fsp3) is 0.833. The molecule has 0 unspecified atom stereocenters. The van der Waals surface area contributed by atoms with Crippen molar-refractivity contribution in [2.75, 3.05) is 26.7 Å². The molecule has 0 saturated heterocycles. The van der Waals surface area contributed by atoms with Crippen molar-refractivity contribution in [2.24, 2.45) is 0 Å². The molecule has 0 spiro atoms. The Kier molecular flexibility index (Phi) is 6.80. The minimum Gasteiger partial charge on any atom is -0.355 e. The zero-order chi connectivity index (χ0) is 13.5. The van der Waals surface area contributed by atoms with Crippen molar-refractivity contribution in [2.45, 2.75) is 39.7 Å². The van der Waals surface area contributed by atoms with Crippen LogP contribution >= 0.6 is 0 Å². The molecule has 100 valence electrons. The van der Waals surface area contributed by atoms with Crippen molar-refractivity contribution in [1.82, 2.24) is 15.5 Å². The van der Waals surface area contributed by atoms with E-state index in [4.69, 9.17) is 0 Å². The van der Waals surface area contributed by atoms with Crippen molar-refractivity contribution in [3.05, 3.63) is 0 Å². The van der Waals surface area contributed by atoms with Gasteiger partial charge in [-0.3, -0.25) is 9.59 Å². The van der Waals surface area contributed by atoms with E-state index in [0.717, 1.165) is 6.42 Å². The van der Waals surface area contributed by atoms with Crippen LogP contribution in [0.25, 0.3) is 0 Å². The number of nitrogens with zero attached hydrogens (tertiary/aromatic N) is 1. The monoisotopic (exact) mass is 243 g/mol. The Balaban J connectivity index is 3.93. The third-order valence-electron chi connectivity index (χ3n) is 2.15. The van der Waals surface area contributed by atoms with Crippen molar-refractivity contribution in [3.8, 4) is 0 Å². The normalized spacial score (nSPS) is 11.1. The summed E-state index contributed by atoms with van der Waals surface area (Å²) in [7, 11) is 1.64. The first-order chi connectivity index (χ1) is 7.76. The number of amides is 2. The van der Waals surface area contributed by atoms with Crippen LogP contribution in [-0.4, -0.2) is 48.9 Å². The highest BCUT2D eigenvalue weighted by atomic mass is 16.2. The number of hydrogen-bond donors (Lipinski definition) is 2. The Morgan fingerprint density at radius 1 is 1.24 bits per heavy atom. The second kappa shape index (κ2) is 7.27. The minimum absolute atomic E-state index is 0.0772. The van der Waals surface area contributed by atoms with Gasteiger partial charge >= 0.3 is 0 Å². The fourth-order valence-electron chi connectivity index (χ4n) is 1.10. The molecule has 0 aliphatic carbocycles. The SMILES string of the molecule is CCCNC(=O)CN(C)C(=O)CNC(C)(C)C. The molecular weight excluding hydrogens is 218 g/mol. The summed E-state index contributed by atoms with van der Waals surface area (Å²) in [6.45, 7) is 8.99. The van der Waals surface area contributed by atoms with Gasteiger partial charge < -0.3 is 15.5 Å². The highest BCUT2D eigenvalue weighted by molar-refractivity contribution is 5.85. The third-order valence-corrected chi connectivity index (χ3v) is 2.15. The summed E-state index contributed by atoms with van der Waals surface area (Å²) in [5, 5.41) is 5.83. The molecule has 5 nitrogen and oxygen atoms in total. The quantitative estimate of drug-likeness (QED) is 0.708. The lowest BCUT2D eigenvalue weighted by Gasteiger charge is -2.23. The van der Waals surface area contributed by atoms with E-state index < -0.39 is 0 Å². The van der Waals surface area contributed by atoms with E-state index in [-0.39, 0.29) is 30.4 Å². The number of nitrogens with one attached hydrogen (secondary N) is 2. The maximum Gasteiger partial charge on any atom is 0.239 e. The Morgan fingerprint density at radius 2 is 1.82 bits per heavy atom. The first-order valence-corrected chi connectivity index (χ1v) is 6.02. The average Bonchev–Trinajstić information content (AvgIpc) is 2.21. The summed E-state index contributed by atoms with van der Waals surface area (Å²) in [4.78, 5) is 24.5. The van der Waals surface area contributed by atoms with Crippen molar-refractivity contribution >= 4 is 11.8 Å². The lowest BCUT2D eigenvalue weighted by atomic mass is 10.1. The summed E-state index contributed by atoms with van der Waals surface area (Å²) in [6.07, 6.45) is 0.898. The van der Waals surface area contributed by atoms with E-state index in [1.807, 2.05) is 27.7 Å². The van der Waals surface area contributed by atoms with Crippen LogP contribution in [0.15, 0.2) is 0 Å². The van der Waals surface area contributed by atoms with Gasteiger partial charge in [-0.2, -0.15) is 0 Å². The maximum absolute atomic E-state index is 11.7. The molecule has 0 aromatic carbocycles. The van der Waals surface area contributed by atoms with Crippen molar-refractivity contribution in [3.63, 3.8) is 0 Å². The van der Waals surface area contributed by atoms with Gasteiger partial charge in [-0.1, -0.05) is 6.92 Å². The second-order valence-corrected chi connectivity index (χ2v) is 5.20. The van der Waals surface area contributed by atoms with E-state index in [1.54, 1.807) is 7.05 Å². The molecule has 2 amide bonds. The van der Waals surface area contributed by atoms with Gasteiger partial charge in [-0.15, -0.1) is 0 Å². The standard InChI is InChI=1S/C12H25N3O2/c1-6-7-13-10(16)9-15(5)11(17)8-14-12(2,3)4/h14H,6-9H2,1-5H3,(H,13,16). The molecule has 0 bridgehead atoms. The third kappa shape index (κ3) is 8.68. The van der Waals surface area contributed by atoms with Gasteiger partial charge in [0, 0.05) is 19.1 Å². The van der Waals surface area contributed by atoms with E-state index >= 15 is 0 Å². The Labute approximate surface area is 104 Å². The van der Waals surface area contributed by atoms with Gasteiger partial charge in [-0.05, 0) is 27.2 Å². The summed E-state index contributed by atoms with van der Waals surface area (Å²) < 4.78 is 0. The minimum atomic E-state index is -0.113. The van der Waals surface area contributed by atoms with Crippen LogP contribution in [0.4, 0.5) is 0 Å². The predicted octanol–water partition coefficient (Wildman–Crippen LogP) is 0.359. The Bertz CT molecular complexity index is 259. The fourth-order valence-corrected chi connectivity index (χ4v) is 1.10. The molecule has 0 heterocycles. The highest BCUT2D eigenvalue weighted by Crippen LogP contribution is 1.97. The Hall–Kier alpha value is -1.10. The molecule has 0 aromatic rings. The molecular formula is C12H25N3O2. The molecule has 0 atom stereocenters. The lowest BCUT2D eigenvalue weighted by molar-refractivity contribution is -0.134. The molecule has 0 saturated carbocycles. The lowest BCUT2D eigenvalue weighted by Crippen LogP contribution is -2.46. The largest absolute Gasteiger partial charge is 0.355 e. The first kappa shape index (κ1) is 15.9. The smallest absolute Gasteiger partial charge is 0.239 e. The Morgan fingerprint density at radius 3 is 2.29 bits per heavy atom. The zero-order valence-corrected chi connectivity index (χ0v) is 11.6. The molecule has 2 N–H and O–H groups in total. The molecule has 5 heteroatoms. The number of likely N-dealkylation sites (N-methyl/N-ethyl adjacent to an activating group) is 1. The predicted molar refractivity (Wildman–Crippen MR) is 68.7 cm³/mol. The number of hydrogen-bond acceptors (Lipinski definition) is 3. The van der Waals surface area contributed by atoms with Crippen LogP contribution in [0.2, 0.25) is 0 Å².